The predicted molar refractivity (Wildman–Crippen MR) is 90.9 cm³/mol. The minimum atomic E-state index is 0.929. The zero-order valence-electron chi connectivity index (χ0n) is 12.3. The van der Waals surface area contributed by atoms with E-state index >= 15 is 0 Å². The molecular weight excluding hydrogens is 254 g/mol. The first kappa shape index (κ1) is 13.4. The van der Waals surface area contributed by atoms with Crippen LogP contribution >= 0.6 is 0 Å². The van der Waals surface area contributed by atoms with Crippen molar-refractivity contribution >= 4 is 11.4 Å². The molecule has 0 radical (unpaired) electrons. The smallest absolute Gasteiger partial charge is 0.0496 e. The zero-order chi connectivity index (χ0) is 14.7. The van der Waals surface area contributed by atoms with Gasteiger partial charge in [-0.3, -0.25) is 0 Å². The Bertz CT molecular complexity index is 708. The van der Waals surface area contributed by atoms with Crippen LogP contribution in [0.1, 0.15) is 11.1 Å². The van der Waals surface area contributed by atoms with Crippen molar-refractivity contribution in [3.05, 3.63) is 96.2 Å². The number of benzene rings is 2. The summed E-state index contributed by atoms with van der Waals surface area (Å²) < 4.78 is 0. The average molecular weight is 273 g/mol. The quantitative estimate of drug-likeness (QED) is 0.680. The van der Waals surface area contributed by atoms with Gasteiger partial charge in [0.05, 0.1) is 0 Å². The highest BCUT2D eigenvalue weighted by atomic mass is 15.1. The molecule has 0 fully saturated rings. The number of aryl methyl sites for hydroxylation is 1. The van der Waals surface area contributed by atoms with Crippen molar-refractivity contribution in [2.24, 2.45) is 0 Å². The Morgan fingerprint density at radius 3 is 2.62 bits per heavy atom. The second-order valence-corrected chi connectivity index (χ2v) is 5.29. The van der Waals surface area contributed by atoms with Crippen LogP contribution in [0, 0.1) is 6.92 Å². The van der Waals surface area contributed by atoms with Crippen molar-refractivity contribution in [1.82, 2.24) is 0 Å². The summed E-state index contributed by atoms with van der Waals surface area (Å²) in [4.78, 5) is 2.22. The number of anilines is 2. The van der Waals surface area contributed by atoms with E-state index in [1.54, 1.807) is 0 Å². The highest BCUT2D eigenvalue weighted by molar-refractivity contribution is 5.73. The van der Waals surface area contributed by atoms with Crippen molar-refractivity contribution in [2.75, 3.05) is 4.90 Å². The molecule has 1 heteroatoms. The van der Waals surface area contributed by atoms with Gasteiger partial charge in [-0.25, -0.2) is 0 Å². The molecular formula is C20H19N. The molecule has 0 saturated heterocycles. The maximum absolute atomic E-state index is 4.24. The van der Waals surface area contributed by atoms with Gasteiger partial charge in [0.15, 0.2) is 0 Å². The van der Waals surface area contributed by atoms with Gasteiger partial charge in [0.1, 0.15) is 0 Å². The molecule has 0 amide bonds. The summed E-state index contributed by atoms with van der Waals surface area (Å²) in [5.74, 6) is 0. The molecule has 1 heterocycles. The van der Waals surface area contributed by atoms with E-state index in [0.717, 1.165) is 17.8 Å². The first-order valence-corrected chi connectivity index (χ1v) is 7.22. The van der Waals surface area contributed by atoms with E-state index in [-0.39, 0.29) is 0 Å². The fourth-order valence-corrected chi connectivity index (χ4v) is 2.65. The number of rotatable bonds is 1. The molecule has 3 rings (SSSR count). The first-order valence-electron chi connectivity index (χ1n) is 7.22. The van der Waals surface area contributed by atoms with Gasteiger partial charge in [-0.1, -0.05) is 60.7 Å². The third kappa shape index (κ3) is 2.82. The number of hydrogen-bond donors (Lipinski definition) is 0. The van der Waals surface area contributed by atoms with E-state index in [1.165, 1.54) is 16.8 Å². The first-order chi connectivity index (χ1) is 10.3. The molecule has 0 aliphatic carbocycles. The molecule has 104 valence electrons. The Balaban J connectivity index is 2.19. The summed E-state index contributed by atoms with van der Waals surface area (Å²) in [6.45, 7) is 6.38. The van der Waals surface area contributed by atoms with Crippen LogP contribution in [0.25, 0.3) is 0 Å². The van der Waals surface area contributed by atoms with Gasteiger partial charge in [0.2, 0.25) is 0 Å². The van der Waals surface area contributed by atoms with Gasteiger partial charge in [0.25, 0.3) is 0 Å². The largest absolute Gasteiger partial charge is 0.311 e. The van der Waals surface area contributed by atoms with Crippen LogP contribution in [0.3, 0.4) is 0 Å². The van der Waals surface area contributed by atoms with E-state index in [9.17, 15) is 0 Å². The van der Waals surface area contributed by atoms with Gasteiger partial charge in [-0.15, -0.1) is 0 Å². The van der Waals surface area contributed by atoms with Crippen LogP contribution in [0.2, 0.25) is 0 Å². The number of allylic oxidation sites excluding steroid dienone is 4. The molecule has 0 bridgehead atoms. The second kappa shape index (κ2) is 5.84. The van der Waals surface area contributed by atoms with Crippen LogP contribution in [0.5, 0.6) is 0 Å². The molecule has 0 saturated carbocycles. The lowest BCUT2D eigenvalue weighted by molar-refractivity contribution is 1.16. The van der Waals surface area contributed by atoms with E-state index in [4.69, 9.17) is 0 Å². The van der Waals surface area contributed by atoms with Gasteiger partial charge < -0.3 is 4.90 Å². The third-order valence-electron chi connectivity index (χ3n) is 3.65. The normalized spacial score (nSPS) is 17.4. The summed E-state index contributed by atoms with van der Waals surface area (Å²) in [5.41, 5.74) is 5.91. The Morgan fingerprint density at radius 2 is 1.81 bits per heavy atom. The lowest BCUT2D eigenvalue weighted by Crippen LogP contribution is -2.15. The summed E-state index contributed by atoms with van der Waals surface area (Å²) in [7, 11) is 0. The van der Waals surface area contributed by atoms with Crippen molar-refractivity contribution in [2.45, 2.75) is 13.3 Å². The van der Waals surface area contributed by atoms with Crippen LogP contribution in [-0.4, -0.2) is 0 Å². The standard InChI is InChI=1S/C20H19N/c1-16-13-14-20-18(15-16)10-6-3-5-9-17(2)21(20)19-11-7-4-8-12-19/h3-9,11-15H,2,10H2,1H3/b6-3-,9-5-. The molecule has 1 nitrogen and oxygen atoms in total. The highest BCUT2D eigenvalue weighted by Gasteiger charge is 2.15. The molecule has 0 unspecified atom stereocenters. The van der Waals surface area contributed by atoms with Crippen LogP contribution < -0.4 is 4.90 Å². The fourth-order valence-electron chi connectivity index (χ4n) is 2.65. The van der Waals surface area contributed by atoms with Crippen molar-refractivity contribution in [1.29, 1.82) is 0 Å². The number of para-hydroxylation sites is 1. The topological polar surface area (TPSA) is 3.24 Å². The molecule has 21 heavy (non-hydrogen) atoms. The Kier molecular flexibility index (Phi) is 3.74. The number of hydrogen-bond acceptors (Lipinski definition) is 1. The maximum Gasteiger partial charge on any atom is 0.0496 e. The molecule has 1 aliphatic heterocycles. The van der Waals surface area contributed by atoms with Gasteiger partial charge in [-0.2, -0.15) is 0 Å². The monoisotopic (exact) mass is 273 g/mol. The Hall–Kier alpha value is -2.54. The Labute approximate surface area is 126 Å². The van der Waals surface area contributed by atoms with E-state index in [0.29, 0.717) is 0 Å². The van der Waals surface area contributed by atoms with Gasteiger partial charge in [0, 0.05) is 17.1 Å². The average Bonchev–Trinajstić information content (AvgIpc) is 2.57. The Morgan fingerprint density at radius 1 is 1.00 bits per heavy atom. The second-order valence-electron chi connectivity index (χ2n) is 5.29. The molecule has 2 aromatic rings. The van der Waals surface area contributed by atoms with E-state index in [1.807, 2.05) is 6.07 Å². The minimum Gasteiger partial charge on any atom is -0.311 e. The van der Waals surface area contributed by atoms with Crippen molar-refractivity contribution in [3.8, 4) is 0 Å². The molecule has 2 aromatic carbocycles. The molecule has 0 atom stereocenters. The predicted octanol–water partition coefficient (Wildman–Crippen LogP) is 5.32. The van der Waals surface area contributed by atoms with Crippen LogP contribution in [0.4, 0.5) is 11.4 Å². The van der Waals surface area contributed by atoms with Crippen LogP contribution in [0.15, 0.2) is 85.1 Å². The summed E-state index contributed by atoms with van der Waals surface area (Å²) in [5, 5.41) is 0. The van der Waals surface area contributed by atoms with Crippen molar-refractivity contribution in [3.63, 3.8) is 0 Å². The van der Waals surface area contributed by atoms with Gasteiger partial charge in [-0.05, 0) is 43.2 Å². The number of fused-ring (bicyclic) bond motifs is 1. The summed E-state index contributed by atoms with van der Waals surface area (Å²) in [6, 6.07) is 17.0. The lowest BCUT2D eigenvalue weighted by Gasteiger charge is -2.27. The fraction of sp³-hybridized carbons (Fsp3) is 0.100. The van der Waals surface area contributed by atoms with Crippen molar-refractivity contribution < 1.29 is 0 Å². The SMILES string of the molecule is C=C1/C=C\C=C/Cc2cc(C)ccc2N1c1ccccc1. The molecule has 1 aliphatic rings. The molecule has 0 spiro atoms. The molecule has 0 N–H and O–H groups in total. The number of nitrogens with zero attached hydrogens (tertiary/aromatic N) is 1. The van der Waals surface area contributed by atoms with E-state index < -0.39 is 0 Å². The lowest BCUT2D eigenvalue weighted by atomic mass is 10.0. The van der Waals surface area contributed by atoms with Crippen LogP contribution in [-0.2, 0) is 6.42 Å². The highest BCUT2D eigenvalue weighted by Crippen LogP contribution is 2.33. The summed E-state index contributed by atoms with van der Waals surface area (Å²) in [6.07, 6.45) is 9.32. The van der Waals surface area contributed by atoms with Gasteiger partial charge >= 0.3 is 0 Å². The summed E-state index contributed by atoms with van der Waals surface area (Å²) >= 11 is 0. The minimum absolute atomic E-state index is 0.929. The molecule has 0 aromatic heterocycles. The van der Waals surface area contributed by atoms with E-state index in [2.05, 4.69) is 85.2 Å². The third-order valence-corrected chi connectivity index (χ3v) is 3.65. The zero-order valence-corrected chi connectivity index (χ0v) is 12.3. The maximum atomic E-state index is 4.24.